The highest BCUT2D eigenvalue weighted by molar-refractivity contribution is 5.78. The number of pyridine rings is 1. The molecule has 11 heteroatoms. The van der Waals surface area contributed by atoms with E-state index in [-0.39, 0.29) is 11.6 Å². The average Bonchev–Trinajstić information content (AvgIpc) is 2.64. The topological polar surface area (TPSA) is 60.5 Å². The minimum absolute atomic E-state index is 0.0913. The normalized spacial score (nSPS) is 12.9. The molecule has 1 unspecified atom stereocenters. The Hall–Kier alpha value is -2.98. The summed E-state index contributed by atoms with van der Waals surface area (Å²) < 4.78 is 83.4. The van der Waals surface area contributed by atoms with Crippen LogP contribution in [0, 0.1) is 0 Å². The largest absolute Gasteiger partial charge is 0.484 e. The maximum Gasteiger partial charge on any atom is 0.422 e. The number of nitrogens with zero attached hydrogens (tertiary/aromatic N) is 1. The zero-order valence-corrected chi connectivity index (χ0v) is 15.0. The van der Waals surface area contributed by atoms with Crippen LogP contribution < -0.4 is 14.8 Å². The van der Waals surface area contributed by atoms with E-state index in [9.17, 15) is 31.1 Å². The monoisotopic (exact) mass is 422 g/mol. The van der Waals surface area contributed by atoms with Crippen molar-refractivity contribution in [3.8, 4) is 11.6 Å². The van der Waals surface area contributed by atoms with Crippen LogP contribution in [0.5, 0.6) is 11.6 Å². The summed E-state index contributed by atoms with van der Waals surface area (Å²) in [5.41, 5.74) is -0.328. The number of carbonyl (C=O) groups excluding carboxylic acids is 1. The highest BCUT2D eigenvalue weighted by atomic mass is 19.4. The molecule has 0 saturated heterocycles. The maximum atomic E-state index is 12.5. The second kappa shape index (κ2) is 9.01. The van der Waals surface area contributed by atoms with Gasteiger partial charge in [0, 0.05) is 12.3 Å². The summed E-state index contributed by atoms with van der Waals surface area (Å²) >= 11 is 0. The van der Waals surface area contributed by atoms with Crippen LogP contribution >= 0.6 is 0 Å². The smallest absolute Gasteiger partial charge is 0.422 e. The van der Waals surface area contributed by atoms with Crippen LogP contribution in [0.25, 0.3) is 0 Å². The first-order chi connectivity index (χ1) is 13.4. The minimum Gasteiger partial charge on any atom is -0.484 e. The second-order valence-electron chi connectivity index (χ2n) is 5.93. The Morgan fingerprint density at radius 2 is 1.69 bits per heavy atom. The van der Waals surface area contributed by atoms with Crippen molar-refractivity contribution in [3.05, 3.63) is 53.7 Å². The summed E-state index contributed by atoms with van der Waals surface area (Å²) in [4.78, 5) is 15.7. The number of amides is 1. The van der Waals surface area contributed by atoms with Gasteiger partial charge in [-0.3, -0.25) is 4.79 Å². The first kappa shape index (κ1) is 22.3. The van der Waals surface area contributed by atoms with Gasteiger partial charge in [-0.25, -0.2) is 4.98 Å². The summed E-state index contributed by atoms with van der Waals surface area (Å²) in [5.74, 6) is -0.668. The molecule has 29 heavy (non-hydrogen) atoms. The highest BCUT2D eigenvalue weighted by Gasteiger charge is 2.30. The fourth-order valence-electron chi connectivity index (χ4n) is 2.14. The average molecular weight is 422 g/mol. The van der Waals surface area contributed by atoms with Crippen LogP contribution in [0.15, 0.2) is 42.6 Å². The standard InChI is InChI=1S/C18H16F6N2O3/c1-11(12-2-7-16(25-8-12)29-10-17(19,20)21)26-15(27)9-28-14-5-3-13(4-6-14)18(22,23)24/h2-8,11H,9-10H2,1H3,(H,26,27). The molecule has 0 aliphatic carbocycles. The van der Waals surface area contributed by atoms with E-state index in [1.807, 2.05) is 0 Å². The molecule has 1 aromatic carbocycles. The lowest BCUT2D eigenvalue weighted by atomic mass is 10.1. The number of ether oxygens (including phenoxy) is 2. The van der Waals surface area contributed by atoms with E-state index in [1.54, 1.807) is 6.92 Å². The molecule has 2 rings (SSSR count). The Morgan fingerprint density at radius 1 is 1.03 bits per heavy atom. The Labute approximate surface area is 161 Å². The molecular formula is C18H16F6N2O3. The van der Waals surface area contributed by atoms with Crippen LogP contribution in [0.2, 0.25) is 0 Å². The minimum atomic E-state index is -4.48. The van der Waals surface area contributed by atoms with Gasteiger partial charge >= 0.3 is 12.4 Å². The molecule has 0 bridgehead atoms. The molecule has 0 fully saturated rings. The SMILES string of the molecule is CC(NC(=O)COc1ccc(C(F)(F)F)cc1)c1ccc(OCC(F)(F)F)nc1. The Kier molecular flexibility index (Phi) is 6.93. The molecule has 0 aliphatic heterocycles. The van der Waals surface area contributed by atoms with Gasteiger partial charge in [-0.2, -0.15) is 26.3 Å². The molecule has 1 amide bonds. The van der Waals surface area contributed by atoms with E-state index < -0.39 is 43.1 Å². The highest BCUT2D eigenvalue weighted by Crippen LogP contribution is 2.30. The van der Waals surface area contributed by atoms with Crippen molar-refractivity contribution in [2.45, 2.75) is 25.3 Å². The van der Waals surface area contributed by atoms with Crippen molar-refractivity contribution in [3.63, 3.8) is 0 Å². The quantitative estimate of drug-likeness (QED) is 0.676. The summed E-state index contributed by atoms with van der Waals surface area (Å²) in [6, 6.07) is 6.02. The molecule has 0 saturated carbocycles. The van der Waals surface area contributed by atoms with Crippen LogP contribution in [0.3, 0.4) is 0 Å². The number of halogens is 6. The van der Waals surface area contributed by atoms with Crippen molar-refractivity contribution in [1.29, 1.82) is 0 Å². The van der Waals surface area contributed by atoms with Crippen molar-refractivity contribution < 1.29 is 40.6 Å². The Balaban J connectivity index is 1.82. The fraction of sp³-hybridized carbons (Fsp3) is 0.333. The van der Waals surface area contributed by atoms with Crippen LogP contribution in [0.4, 0.5) is 26.3 Å². The zero-order valence-electron chi connectivity index (χ0n) is 15.0. The third-order valence-corrected chi connectivity index (χ3v) is 3.57. The van der Waals surface area contributed by atoms with Gasteiger partial charge in [0.05, 0.1) is 11.6 Å². The van der Waals surface area contributed by atoms with E-state index in [1.165, 1.54) is 18.3 Å². The summed E-state index contributed by atoms with van der Waals surface area (Å²) in [6.45, 7) is -0.286. The fourth-order valence-corrected chi connectivity index (χ4v) is 2.14. The molecule has 0 spiro atoms. The molecule has 1 heterocycles. The third kappa shape index (κ3) is 7.51. The lowest BCUT2D eigenvalue weighted by Crippen LogP contribution is -2.31. The van der Waals surface area contributed by atoms with E-state index in [2.05, 4.69) is 15.0 Å². The summed E-state index contributed by atoms with van der Waals surface area (Å²) in [5, 5.41) is 2.57. The molecule has 2 aromatic rings. The number of rotatable bonds is 7. The number of benzene rings is 1. The third-order valence-electron chi connectivity index (χ3n) is 3.57. The van der Waals surface area contributed by atoms with Crippen LogP contribution in [-0.2, 0) is 11.0 Å². The molecule has 1 atom stereocenters. The predicted molar refractivity (Wildman–Crippen MR) is 89.3 cm³/mol. The molecule has 0 radical (unpaired) electrons. The van der Waals surface area contributed by atoms with Crippen LogP contribution in [0.1, 0.15) is 24.1 Å². The van der Waals surface area contributed by atoms with Crippen molar-refractivity contribution >= 4 is 5.91 Å². The molecule has 5 nitrogen and oxygen atoms in total. The number of aromatic nitrogens is 1. The van der Waals surface area contributed by atoms with Crippen molar-refractivity contribution in [2.75, 3.05) is 13.2 Å². The lowest BCUT2D eigenvalue weighted by Gasteiger charge is -2.15. The lowest BCUT2D eigenvalue weighted by molar-refractivity contribution is -0.154. The van der Waals surface area contributed by atoms with Crippen molar-refractivity contribution in [2.24, 2.45) is 0 Å². The first-order valence-corrected chi connectivity index (χ1v) is 8.19. The van der Waals surface area contributed by atoms with Gasteiger partial charge in [0.25, 0.3) is 5.91 Å². The van der Waals surface area contributed by atoms with Gasteiger partial charge in [0.1, 0.15) is 5.75 Å². The molecule has 0 aliphatic rings. The number of nitrogens with one attached hydrogen (secondary N) is 1. The van der Waals surface area contributed by atoms with Crippen LogP contribution in [-0.4, -0.2) is 30.3 Å². The summed E-state index contributed by atoms with van der Waals surface area (Å²) in [7, 11) is 0. The molecule has 158 valence electrons. The molecular weight excluding hydrogens is 406 g/mol. The van der Waals surface area contributed by atoms with Gasteiger partial charge in [-0.05, 0) is 36.8 Å². The molecule has 1 N–H and O–H groups in total. The van der Waals surface area contributed by atoms with Gasteiger partial charge in [-0.15, -0.1) is 0 Å². The van der Waals surface area contributed by atoms with E-state index in [4.69, 9.17) is 4.74 Å². The number of hydrogen-bond acceptors (Lipinski definition) is 4. The van der Waals surface area contributed by atoms with E-state index >= 15 is 0 Å². The van der Waals surface area contributed by atoms with Gasteiger partial charge in [0.2, 0.25) is 5.88 Å². The van der Waals surface area contributed by atoms with Crippen molar-refractivity contribution in [1.82, 2.24) is 10.3 Å². The predicted octanol–water partition coefficient (Wildman–Crippen LogP) is 4.30. The Bertz CT molecular complexity index is 804. The maximum absolute atomic E-state index is 12.5. The molecule has 1 aromatic heterocycles. The zero-order chi connectivity index (χ0) is 21.7. The first-order valence-electron chi connectivity index (χ1n) is 8.19. The second-order valence-corrected chi connectivity index (χ2v) is 5.93. The number of alkyl halides is 6. The van der Waals surface area contributed by atoms with Gasteiger partial charge in [0.15, 0.2) is 13.2 Å². The summed E-state index contributed by atoms with van der Waals surface area (Å²) in [6.07, 6.45) is -7.69. The van der Waals surface area contributed by atoms with Gasteiger partial charge < -0.3 is 14.8 Å². The Morgan fingerprint density at radius 3 is 2.21 bits per heavy atom. The van der Waals surface area contributed by atoms with Gasteiger partial charge in [-0.1, -0.05) is 6.07 Å². The number of carbonyl (C=O) groups is 1. The van der Waals surface area contributed by atoms with E-state index in [0.717, 1.165) is 24.3 Å². The van der Waals surface area contributed by atoms with E-state index in [0.29, 0.717) is 5.56 Å². The number of hydrogen-bond donors (Lipinski definition) is 1.